The number of anilines is 1. The molecule has 3 aromatic rings. The number of nitrogens with two attached hydrogens (primary N) is 1. The molecule has 108 valence electrons. The lowest BCUT2D eigenvalue weighted by Crippen LogP contribution is -1.99. The number of rotatable bonds is 2. The van der Waals surface area contributed by atoms with Gasteiger partial charge in [-0.25, -0.2) is 4.98 Å². The van der Waals surface area contributed by atoms with Crippen LogP contribution in [-0.2, 0) is 12.8 Å². The summed E-state index contributed by atoms with van der Waals surface area (Å²) in [5.41, 5.74) is 10.1. The van der Waals surface area contributed by atoms with Crippen LogP contribution >= 0.6 is 11.3 Å². The zero-order valence-electron chi connectivity index (χ0n) is 11.8. The summed E-state index contributed by atoms with van der Waals surface area (Å²) in [6.07, 6.45) is 4.65. The molecule has 0 aliphatic heterocycles. The molecule has 1 aliphatic carbocycles. The van der Waals surface area contributed by atoms with E-state index in [2.05, 4.69) is 4.98 Å². The van der Waals surface area contributed by atoms with E-state index in [1.54, 1.807) is 18.4 Å². The van der Waals surface area contributed by atoms with E-state index in [1.165, 1.54) is 23.3 Å². The van der Waals surface area contributed by atoms with E-state index in [1.807, 2.05) is 18.2 Å². The molecule has 4 rings (SSSR count). The molecule has 0 saturated carbocycles. The highest BCUT2D eigenvalue weighted by Gasteiger charge is 2.23. The molecule has 4 nitrogen and oxygen atoms in total. The lowest BCUT2D eigenvalue weighted by molar-refractivity contribution is 0.414. The molecule has 0 bridgehead atoms. The van der Waals surface area contributed by atoms with Crippen molar-refractivity contribution in [2.24, 2.45) is 0 Å². The fourth-order valence-electron chi connectivity index (χ4n) is 2.96. The maximum atomic E-state index is 6.22. The van der Waals surface area contributed by atoms with Crippen molar-refractivity contribution >= 4 is 27.4 Å². The van der Waals surface area contributed by atoms with Gasteiger partial charge in [-0.3, -0.25) is 0 Å². The van der Waals surface area contributed by atoms with Gasteiger partial charge in [0.15, 0.2) is 5.58 Å². The molecule has 2 aromatic heterocycles. The molecule has 0 radical (unpaired) electrons. The molecule has 0 fully saturated rings. The third-order valence-corrected chi connectivity index (χ3v) is 5.13. The molecule has 5 heteroatoms. The van der Waals surface area contributed by atoms with Crippen LogP contribution in [0.3, 0.4) is 0 Å². The maximum absolute atomic E-state index is 6.22. The van der Waals surface area contributed by atoms with Crippen molar-refractivity contribution in [1.29, 1.82) is 0 Å². The lowest BCUT2D eigenvalue weighted by Gasteiger charge is -2.10. The van der Waals surface area contributed by atoms with E-state index in [0.29, 0.717) is 5.89 Å². The highest BCUT2D eigenvalue weighted by atomic mass is 32.1. The van der Waals surface area contributed by atoms with Crippen LogP contribution in [0.5, 0.6) is 5.75 Å². The molecule has 1 aromatic carbocycles. The average Bonchev–Trinajstić information content (AvgIpc) is 3.05. The summed E-state index contributed by atoms with van der Waals surface area (Å²) in [5.74, 6) is 1.40. The second-order valence-corrected chi connectivity index (χ2v) is 6.44. The topological polar surface area (TPSA) is 61.3 Å². The van der Waals surface area contributed by atoms with Crippen LogP contribution in [0.15, 0.2) is 22.6 Å². The Bertz CT molecular complexity index is 819. The Kier molecular flexibility index (Phi) is 2.89. The monoisotopic (exact) mass is 300 g/mol. The van der Waals surface area contributed by atoms with Crippen LogP contribution in [0.4, 0.5) is 5.00 Å². The van der Waals surface area contributed by atoms with E-state index in [9.17, 15) is 0 Å². The van der Waals surface area contributed by atoms with Crippen LogP contribution in [-0.4, -0.2) is 12.1 Å². The van der Waals surface area contributed by atoms with Gasteiger partial charge < -0.3 is 14.9 Å². The number of oxazole rings is 1. The number of ether oxygens (including phenoxy) is 1. The number of nitrogen functional groups attached to an aromatic ring is 1. The van der Waals surface area contributed by atoms with Crippen molar-refractivity contribution < 1.29 is 9.15 Å². The maximum Gasteiger partial charge on any atom is 0.230 e. The number of aromatic nitrogens is 1. The van der Waals surface area contributed by atoms with Gasteiger partial charge in [0.2, 0.25) is 5.89 Å². The highest BCUT2D eigenvalue weighted by Crippen LogP contribution is 2.43. The molecule has 21 heavy (non-hydrogen) atoms. The van der Waals surface area contributed by atoms with Crippen LogP contribution < -0.4 is 10.5 Å². The molecule has 1 aliphatic rings. The zero-order chi connectivity index (χ0) is 14.4. The number of benzene rings is 1. The number of nitrogens with zero attached hydrogens (tertiary/aromatic N) is 1. The van der Waals surface area contributed by atoms with Crippen molar-refractivity contribution in [2.75, 3.05) is 12.8 Å². The quantitative estimate of drug-likeness (QED) is 0.776. The Morgan fingerprint density at radius 1 is 1.29 bits per heavy atom. The molecule has 0 unspecified atom stereocenters. The number of hydrogen-bond donors (Lipinski definition) is 1. The minimum atomic E-state index is 0.634. The second-order valence-electron chi connectivity index (χ2n) is 5.30. The van der Waals surface area contributed by atoms with Crippen LogP contribution in [0, 0.1) is 0 Å². The third-order valence-electron chi connectivity index (χ3n) is 4.01. The van der Waals surface area contributed by atoms with Crippen molar-refractivity contribution in [2.45, 2.75) is 25.7 Å². The lowest BCUT2D eigenvalue weighted by atomic mass is 9.95. The number of fused-ring (bicyclic) bond motifs is 2. The first-order chi connectivity index (χ1) is 10.3. The van der Waals surface area contributed by atoms with Crippen molar-refractivity contribution in [3.05, 3.63) is 28.6 Å². The Hall–Kier alpha value is -2.01. The fraction of sp³-hybridized carbons (Fsp3) is 0.312. The standard InChI is InChI=1S/C16H16N2O2S/c1-19-9-6-7-11-12(8-9)20-16(18-11)14-10-4-2-3-5-13(10)21-15(14)17/h6-8H,2-5,17H2,1H3. The largest absolute Gasteiger partial charge is 0.497 e. The number of hydrogen-bond acceptors (Lipinski definition) is 5. The smallest absolute Gasteiger partial charge is 0.230 e. The van der Waals surface area contributed by atoms with Crippen molar-refractivity contribution in [1.82, 2.24) is 4.98 Å². The third kappa shape index (κ3) is 2.00. The molecule has 2 heterocycles. The van der Waals surface area contributed by atoms with E-state index in [-0.39, 0.29) is 0 Å². The summed E-state index contributed by atoms with van der Waals surface area (Å²) in [6, 6.07) is 5.66. The van der Waals surface area contributed by atoms with Gasteiger partial charge in [-0.1, -0.05) is 0 Å². The molecule has 0 atom stereocenters. The summed E-state index contributed by atoms with van der Waals surface area (Å²) in [5, 5.41) is 0.820. The van der Waals surface area contributed by atoms with E-state index < -0.39 is 0 Å². The van der Waals surface area contributed by atoms with Gasteiger partial charge in [-0.15, -0.1) is 11.3 Å². The predicted octanol–water partition coefficient (Wildman–Crippen LogP) is 4.03. The molecule has 2 N–H and O–H groups in total. The van der Waals surface area contributed by atoms with Gasteiger partial charge in [-0.2, -0.15) is 0 Å². The Morgan fingerprint density at radius 3 is 3.00 bits per heavy atom. The summed E-state index contributed by atoms with van der Waals surface area (Å²) in [7, 11) is 1.64. The average molecular weight is 300 g/mol. The molecule has 0 saturated heterocycles. The van der Waals surface area contributed by atoms with Gasteiger partial charge in [-0.05, 0) is 43.4 Å². The Morgan fingerprint density at radius 2 is 2.14 bits per heavy atom. The van der Waals surface area contributed by atoms with E-state index >= 15 is 0 Å². The Balaban J connectivity index is 1.88. The normalized spacial score (nSPS) is 14.3. The Labute approximate surface area is 126 Å². The number of methoxy groups -OCH3 is 1. The molecule has 0 spiro atoms. The van der Waals surface area contributed by atoms with Gasteiger partial charge in [0, 0.05) is 10.9 Å². The van der Waals surface area contributed by atoms with E-state index in [4.69, 9.17) is 14.9 Å². The number of thiophene rings is 1. The van der Waals surface area contributed by atoms with Crippen molar-refractivity contribution in [3.8, 4) is 17.2 Å². The van der Waals surface area contributed by atoms with Gasteiger partial charge in [0.05, 0.1) is 17.7 Å². The fourth-order valence-corrected chi connectivity index (χ4v) is 4.11. The van der Waals surface area contributed by atoms with Crippen LogP contribution in [0.25, 0.3) is 22.6 Å². The minimum absolute atomic E-state index is 0.634. The first-order valence-electron chi connectivity index (χ1n) is 7.11. The summed E-state index contributed by atoms with van der Waals surface area (Å²) >= 11 is 1.68. The highest BCUT2D eigenvalue weighted by molar-refractivity contribution is 7.16. The SMILES string of the molecule is COc1ccc2nc(-c3c(N)sc4c3CCCC4)oc2c1. The first kappa shape index (κ1) is 12.7. The van der Waals surface area contributed by atoms with Gasteiger partial charge in [0.1, 0.15) is 11.3 Å². The molecular weight excluding hydrogens is 284 g/mol. The van der Waals surface area contributed by atoms with Crippen LogP contribution in [0.1, 0.15) is 23.3 Å². The summed E-state index contributed by atoms with van der Waals surface area (Å²) < 4.78 is 11.2. The summed E-state index contributed by atoms with van der Waals surface area (Å²) in [6.45, 7) is 0. The minimum Gasteiger partial charge on any atom is -0.497 e. The van der Waals surface area contributed by atoms with E-state index in [0.717, 1.165) is 40.3 Å². The number of aryl methyl sites for hydroxylation is 1. The molecule has 0 amide bonds. The predicted molar refractivity (Wildman–Crippen MR) is 84.9 cm³/mol. The zero-order valence-corrected chi connectivity index (χ0v) is 12.6. The molecular formula is C16H16N2O2S. The summed E-state index contributed by atoms with van der Waals surface area (Å²) in [4.78, 5) is 6.00. The van der Waals surface area contributed by atoms with Gasteiger partial charge >= 0.3 is 0 Å². The van der Waals surface area contributed by atoms with Crippen LogP contribution in [0.2, 0.25) is 0 Å². The first-order valence-corrected chi connectivity index (χ1v) is 7.93. The second kappa shape index (κ2) is 4.77. The van der Waals surface area contributed by atoms with Gasteiger partial charge in [0.25, 0.3) is 0 Å². The van der Waals surface area contributed by atoms with Crippen molar-refractivity contribution in [3.63, 3.8) is 0 Å².